The van der Waals surface area contributed by atoms with Gasteiger partial charge in [0, 0.05) is 17.0 Å². The summed E-state index contributed by atoms with van der Waals surface area (Å²) in [5.74, 6) is 0.536. The predicted octanol–water partition coefficient (Wildman–Crippen LogP) is 3.89. The average molecular weight is 387 g/mol. The molecule has 0 bridgehead atoms. The number of hydrogen-bond acceptors (Lipinski definition) is 4. The summed E-state index contributed by atoms with van der Waals surface area (Å²) in [5, 5.41) is 0. The molecular weight excluding hydrogens is 372 g/mol. The van der Waals surface area contributed by atoms with E-state index in [1.807, 2.05) is 24.3 Å². The monoisotopic (exact) mass is 386 g/mol. The van der Waals surface area contributed by atoms with Gasteiger partial charge in [-0.25, -0.2) is 4.98 Å². The first-order valence-electron chi connectivity index (χ1n) is 7.34. The summed E-state index contributed by atoms with van der Waals surface area (Å²) >= 11 is 3.35. The first kappa shape index (κ1) is 16.4. The minimum absolute atomic E-state index is 0.0419. The first-order chi connectivity index (χ1) is 11.5. The Bertz CT molecular complexity index is 929. The summed E-state index contributed by atoms with van der Waals surface area (Å²) in [6, 6.07) is 12.5. The second-order valence-corrected chi connectivity index (χ2v) is 6.25. The summed E-state index contributed by atoms with van der Waals surface area (Å²) in [7, 11) is 1.55. The molecule has 3 aromatic rings. The number of ketones is 2. The van der Waals surface area contributed by atoms with Gasteiger partial charge >= 0.3 is 0 Å². The average Bonchev–Trinajstić information content (AvgIpc) is 2.94. The summed E-state index contributed by atoms with van der Waals surface area (Å²) < 4.78 is 7.85. The fourth-order valence-corrected chi connectivity index (χ4v) is 2.85. The van der Waals surface area contributed by atoms with Crippen LogP contribution in [0.2, 0.25) is 0 Å². The van der Waals surface area contributed by atoms with Crippen LogP contribution in [0.5, 0.6) is 5.75 Å². The van der Waals surface area contributed by atoms with Gasteiger partial charge in [0.05, 0.1) is 19.2 Å². The number of methoxy groups -OCH3 is 1. The zero-order chi connectivity index (χ0) is 17.3. The third-order valence-electron chi connectivity index (χ3n) is 3.74. The van der Waals surface area contributed by atoms with Crippen LogP contribution in [0.1, 0.15) is 27.9 Å². The summed E-state index contributed by atoms with van der Waals surface area (Å²) in [6.07, 6.45) is 0. The molecule has 0 amide bonds. The van der Waals surface area contributed by atoms with Gasteiger partial charge in [-0.15, -0.1) is 0 Å². The lowest BCUT2D eigenvalue weighted by molar-refractivity contribution is 0.0966. The molecule has 0 radical (unpaired) electrons. The highest BCUT2D eigenvalue weighted by Crippen LogP contribution is 2.26. The molecule has 1 heterocycles. The zero-order valence-corrected chi connectivity index (χ0v) is 14.8. The fourth-order valence-electron chi connectivity index (χ4n) is 2.59. The lowest BCUT2D eigenvalue weighted by Gasteiger charge is -2.07. The number of halogens is 1. The number of aromatic nitrogens is 2. The third-order valence-corrected chi connectivity index (χ3v) is 4.27. The minimum atomic E-state index is -0.197. The molecule has 0 saturated heterocycles. The highest BCUT2D eigenvalue weighted by molar-refractivity contribution is 9.10. The molecule has 0 saturated carbocycles. The molecule has 3 rings (SSSR count). The van der Waals surface area contributed by atoms with Gasteiger partial charge in [0.25, 0.3) is 0 Å². The lowest BCUT2D eigenvalue weighted by atomic mass is 10.1. The van der Waals surface area contributed by atoms with Crippen molar-refractivity contribution in [3.8, 4) is 5.75 Å². The van der Waals surface area contributed by atoms with Gasteiger partial charge in [-0.3, -0.25) is 9.59 Å². The topological polar surface area (TPSA) is 61.2 Å². The molecule has 0 N–H and O–H groups in total. The number of rotatable bonds is 5. The summed E-state index contributed by atoms with van der Waals surface area (Å²) in [4.78, 5) is 28.9. The zero-order valence-electron chi connectivity index (χ0n) is 13.2. The lowest BCUT2D eigenvalue weighted by Crippen LogP contribution is -2.15. The molecule has 2 aromatic carbocycles. The Hall–Kier alpha value is -2.47. The number of fused-ring (bicyclic) bond motifs is 1. The Balaban J connectivity index is 2.07. The first-order valence-corrected chi connectivity index (χ1v) is 8.13. The van der Waals surface area contributed by atoms with Crippen molar-refractivity contribution in [1.82, 2.24) is 9.55 Å². The Morgan fingerprint density at radius 3 is 2.50 bits per heavy atom. The largest absolute Gasteiger partial charge is 0.494 e. The van der Waals surface area contributed by atoms with Gasteiger partial charge in [0.1, 0.15) is 11.3 Å². The normalized spacial score (nSPS) is 10.8. The molecule has 0 fully saturated rings. The number of carbonyl (C=O) groups is 2. The summed E-state index contributed by atoms with van der Waals surface area (Å²) in [5.41, 5.74) is 1.86. The van der Waals surface area contributed by atoms with Crippen molar-refractivity contribution in [3.63, 3.8) is 0 Å². The van der Waals surface area contributed by atoms with Crippen molar-refractivity contribution in [1.29, 1.82) is 0 Å². The molecule has 5 nitrogen and oxygen atoms in total. The van der Waals surface area contributed by atoms with Gasteiger partial charge in [-0.05, 0) is 24.3 Å². The molecule has 0 spiro atoms. The van der Waals surface area contributed by atoms with E-state index in [4.69, 9.17) is 4.74 Å². The van der Waals surface area contributed by atoms with Gasteiger partial charge in [-0.2, -0.15) is 0 Å². The van der Waals surface area contributed by atoms with E-state index in [-0.39, 0.29) is 23.9 Å². The number of hydrogen-bond donors (Lipinski definition) is 0. The quantitative estimate of drug-likeness (QED) is 0.624. The molecular formula is C18H15BrN2O3. The number of benzene rings is 2. The molecule has 0 aliphatic rings. The molecule has 0 aliphatic heterocycles. The third kappa shape index (κ3) is 2.97. The van der Waals surface area contributed by atoms with Gasteiger partial charge < -0.3 is 9.30 Å². The number of nitrogens with zero attached hydrogens (tertiary/aromatic N) is 2. The van der Waals surface area contributed by atoms with Crippen LogP contribution in [0.4, 0.5) is 0 Å². The van der Waals surface area contributed by atoms with E-state index in [0.717, 1.165) is 4.47 Å². The van der Waals surface area contributed by atoms with Crippen LogP contribution in [-0.4, -0.2) is 28.2 Å². The molecule has 24 heavy (non-hydrogen) atoms. The minimum Gasteiger partial charge on any atom is -0.494 e. The van der Waals surface area contributed by atoms with Crippen molar-refractivity contribution in [2.45, 2.75) is 13.5 Å². The smallest absolute Gasteiger partial charge is 0.195 e. The molecule has 1 aromatic heterocycles. The highest BCUT2D eigenvalue weighted by atomic mass is 79.9. The van der Waals surface area contributed by atoms with E-state index >= 15 is 0 Å². The van der Waals surface area contributed by atoms with E-state index in [9.17, 15) is 9.59 Å². The Morgan fingerprint density at radius 1 is 1.17 bits per heavy atom. The Morgan fingerprint density at radius 2 is 1.88 bits per heavy atom. The SMILES string of the molecule is COc1cccc2c1nc(C(C)=O)n2CC(=O)c1ccc(Br)cc1. The van der Waals surface area contributed by atoms with Gasteiger partial charge in [0.2, 0.25) is 0 Å². The van der Waals surface area contributed by atoms with Crippen LogP contribution < -0.4 is 4.74 Å². The number of imidazole rings is 1. The Labute approximate surface area is 147 Å². The standard InChI is InChI=1S/C18H15BrN2O3/c1-11(22)18-20-17-14(4-3-5-16(17)24-2)21(18)10-15(23)12-6-8-13(19)9-7-12/h3-9H,10H2,1-2H3. The van der Waals surface area contributed by atoms with Crippen molar-refractivity contribution >= 4 is 38.5 Å². The van der Waals surface area contributed by atoms with Crippen molar-refractivity contribution in [2.24, 2.45) is 0 Å². The molecule has 0 atom stereocenters. The van der Waals surface area contributed by atoms with Crippen molar-refractivity contribution in [3.05, 3.63) is 58.3 Å². The maximum Gasteiger partial charge on any atom is 0.195 e. The second-order valence-electron chi connectivity index (χ2n) is 5.34. The molecule has 6 heteroatoms. The number of para-hydroxylation sites is 1. The van der Waals surface area contributed by atoms with E-state index in [2.05, 4.69) is 20.9 Å². The fraction of sp³-hybridized carbons (Fsp3) is 0.167. The number of Topliss-reactive ketones (excluding diaryl/α,β-unsaturated/α-hetero) is 2. The predicted molar refractivity (Wildman–Crippen MR) is 94.8 cm³/mol. The van der Waals surface area contributed by atoms with E-state index in [1.165, 1.54) is 6.92 Å². The number of ether oxygens (including phenoxy) is 1. The van der Waals surface area contributed by atoms with E-state index in [0.29, 0.717) is 22.3 Å². The van der Waals surface area contributed by atoms with Crippen molar-refractivity contribution in [2.75, 3.05) is 7.11 Å². The van der Waals surface area contributed by atoms with Crippen LogP contribution in [0.25, 0.3) is 11.0 Å². The molecule has 0 unspecified atom stereocenters. The second kappa shape index (κ2) is 6.57. The molecule has 0 aliphatic carbocycles. The van der Waals surface area contributed by atoms with E-state index < -0.39 is 0 Å². The maximum absolute atomic E-state index is 12.6. The van der Waals surface area contributed by atoms with Crippen molar-refractivity contribution < 1.29 is 14.3 Å². The van der Waals surface area contributed by atoms with Crippen LogP contribution >= 0.6 is 15.9 Å². The highest BCUT2D eigenvalue weighted by Gasteiger charge is 2.19. The Kier molecular flexibility index (Phi) is 4.49. The van der Waals surface area contributed by atoms with Crippen LogP contribution in [0.3, 0.4) is 0 Å². The maximum atomic E-state index is 12.6. The number of carbonyl (C=O) groups excluding carboxylic acids is 2. The molecule has 122 valence electrons. The van der Waals surface area contributed by atoms with Gasteiger partial charge in [-0.1, -0.05) is 34.1 Å². The van der Waals surface area contributed by atoms with Gasteiger partial charge in [0.15, 0.2) is 17.4 Å². The van der Waals surface area contributed by atoms with E-state index in [1.54, 1.807) is 29.9 Å². The van der Waals surface area contributed by atoms with Crippen LogP contribution in [0, 0.1) is 0 Å². The van der Waals surface area contributed by atoms with Crippen LogP contribution in [-0.2, 0) is 6.54 Å². The van der Waals surface area contributed by atoms with Crippen LogP contribution in [0.15, 0.2) is 46.9 Å². The summed E-state index contributed by atoms with van der Waals surface area (Å²) in [6.45, 7) is 1.48.